The van der Waals surface area contributed by atoms with E-state index in [0.717, 1.165) is 19.4 Å². The predicted molar refractivity (Wildman–Crippen MR) is 138 cm³/mol. The largest absolute Gasteiger partial charge is 0.339 e. The first-order valence-corrected chi connectivity index (χ1v) is 13.3. The molecule has 7 heteroatoms. The molecule has 2 unspecified atom stereocenters. The average Bonchev–Trinajstić information content (AvgIpc) is 3.05. The summed E-state index contributed by atoms with van der Waals surface area (Å²) in [5, 5.41) is 1.01. The van der Waals surface area contributed by atoms with Gasteiger partial charge in [-0.1, -0.05) is 50.7 Å². The molecule has 5 rings (SSSR count). The van der Waals surface area contributed by atoms with Crippen LogP contribution in [0.2, 0.25) is 0 Å². The van der Waals surface area contributed by atoms with Crippen LogP contribution >= 0.6 is 11.8 Å². The van der Waals surface area contributed by atoms with Crippen LogP contribution in [0.4, 0.5) is 4.39 Å². The molecule has 35 heavy (non-hydrogen) atoms. The predicted octanol–water partition coefficient (Wildman–Crippen LogP) is 5.82. The summed E-state index contributed by atoms with van der Waals surface area (Å²) in [4.78, 5) is 33.2. The molecule has 3 aromatic rings. The van der Waals surface area contributed by atoms with Crippen LogP contribution in [0, 0.1) is 16.6 Å². The van der Waals surface area contributed by atoms with Crippen molar-refractivity contribution in [1.82, 2.24) is 14.5 Å². The number of carbonyl (C=O) groups excluding carboxylic acids is 1. The second-order valence-electron chi connectivity index (χ2n) is 11.2. The van der Waals surface area contributed by atoms with Crippen molar-refractivity contribution in [2.24, 2.45) is 10.8 Å². The highest BCUT2D eigenvalue weighted by Crippen LogP contribution is 2.52. The number of nitrogens with zero attached hydrogens (tertiary/aromatic N) is 3. The maximum absolute atomic E-state index is 14.0. The van der Waals surface area contributed by atoms with E-state index in [-0.39, 0.29) is 22.3 Å². The highest BCUT2D eigenvalue weighted by molar-refractivity contribution is 7.99. The summed E-state index contributed by atoms with van der Waals surface area (Å²) < 4.78 is 15.4. The van der Waals surface area contributed by atoms with Crippen LogP contribution in [0.5, 0.6) is 0 Å². The molecule has 184 valence electrons. The number of para-hydroxylation sites is 1. The number of hydrogen-bond acceptors (Lipinski definition) is 4. The molecule has 0 radical (unpaired) electrons. The molecular formula is C28H32FN3O2S. The highest BCUT2D eigenvalue weighted by Gasteiger charge is 2.50. The molecule has 5 nitrogen and oxygen atoms in total. The summed E-state index contributed by atoms with van der Waals surface area (Å²) in [5.41, 5.74) is 1.36. The van der Waals surface area contributed by atoms with Crippen LogP contribution in [-0.2, 0) is 4.79 Å². The van der Waals surface area contributed by atoms with Gasteiger partial charge in [0, 0.05) is 24.8 Å². The molecular weight excluding hydrogens is 461 g/mol. The fourth-order valence-electron chi connectivity index (χ4n) is 6.33. The van der Waals surface area contributed by atoms with Gasteiger partial charge in [0.15, 0.2) is 5.16 Å². The molecule has 1 aromatic heterocycles. The monoisotopic (exact) mass is 493 g/mol. The Kier molecular flexibility index (Phi) is 6.24. The van der Waals surface area contributed by atoms with Gasteiger partial charge in [-0.05, 0) is 66.8 Å². The van der Waals surface area contributed by atoms with E-state index in [4.69, 9.17) is 4.98 Å². The number of carbonyl (C=O) groups is 1. The van der Waals surface area contributed by atoms with Crippen molar-refractivity contribution in [2.45, 2.75) is 64.1 Å². The molecule has 1 aliphatic carbocycles. The van der Waals surface area contributed by atoms with Gasteiger partial charge in [-0.25, -0.2) is 9.37 Å². The maximum Gasteiger partial charge on any atom is 0.266 e. The van der Waals surface area contributed by atoms with E-state index >= 15 is 0 Å². The number of amides is 1. The summed E-state index contributed by atoms with van der Waals surface area (Å²) in [6.07, 6.45) is 4.53. The van der Waals surface area contributed by atoms with Crippen LogP contribution in [-0.4, -0.2) is 38.7 Å². The molecule has 1 aliphatic heterocycles. The second-order valence-corrected chi connectivity index (χ2v) is 12.3. The minimum absolute atomic E-state index is 0.222. The van der Waals surface area contributed by atoms with Crippen LogP contribution in [0.15, 0.2) is 58.5 Å². The maximum atomic E-state index is 14.0. The van der Waals surface area contributed by atoms with E-state index in [1.807, 2.05) is 12.1 Å². The Hall–Kier alpha value is -2.67. The highest BCUT2D eigenvalue weighted by atomic mass is 32.2. The van der Waals surface area contributed by atoms with Gasteiger partial charge in [-0.2, -0.15) is 0 Å². The number of likely N-dealkylation sites (tertiary alicyclic amines) is 1. The Morgan fingerprint density at radius 1 is 1.14 bits per heavy atom. The lowest BCUT2D eigenvalue weighted by atomic mass is 9.65. The van der Waals surface area contributed by atoms with Crippen LogP contribution in [0.25, 0.3) is 16.6 Å². The van der Waals surface area contributed by atoms with Gasteiger partial charge in [0.1, 0.15) is 5.82 Å². The molecule has 1 amide bonds. The van der Waals surface area contributed by atoms with Gasteiger partial charge in [0.25, 0.3) is 5.56 Å². The molecule has 2 aliphatic rings. The van der Waals surface area contributed by atoms with Gasteiger partial charge in [0.2, 0.25) is 5.91 Å². The van der Waals surface area contributed by atoms with E-state index in [0.29, 0.717) is 46.4 Å². The standard InChI is InChI=1S/C28H32FN3O2S/c1-27(2)15-21-16-28(3,17-27)18-31(21)24(33)12-7-13-35-26-30-23-11-5-4-10-22(23)25(34)32(26)20-9-6-8-19(29)14-20/h4-6,8-11,14,21H,7,12-13,15-18H2,1-3H3. The van der Waals surface area contributed by atoms with E-state index in [2.05, 4.69) is 25.7 Å². The molecule has 0 spiro atoms. The SMILES string of the molecule is CC1(C)CC2CC(C)(CN2C(=O)CCCSc2nc3ccccc3c(=O)n2-c2cccc(F)c2)C1. The molecule has 1 saturated heterocycles. The van der Waals surface area contributed by atoms with Crippen molar-refractivity contribution in [3.63, 3.8) is 0 Å². The van der Waals surface area contributed by atoms with Crippen molar-refractivity contribution in [1.29, 1.82) is 0 Å². The van der Waals surface area contributed by atoms with Gasteiger partial charge in [-0.3, -0.25) is 14.2 Å². The smallest absolute Gasteiger partial charge is 0.266 e. The summed E-state index contributed by atoms with van der Waals surface area (Å²) >= 11 is 1.44. The zero-order valence-electron chi connectivity index (χ0n) is 20.6. The fraction of sp³-hybridized carbons (Fsp3) is 0.464. The normalized spacial score (nSPS) is 23.1. The molecule has 2 bridgehead atoms. The molecule has 1 saturated carbocycles. The minimum atomic E-state index is -0.406. The summed E-state index contributed by atoms with van der Waals surface area (Å²) in [6, 6.07) is 13.6. The van der Waals surface area contributed by atoms with Crippen molar-refractivity contribution >= 4 is 28.6 Å². The third kappa shape index (κ3) is 4.88. The lowest BCUT2D eigenvalue weighted by molar-refractivity contribution is -0.132. The quantitative estimate of drug-likeness (QED) is 0.247. The van der Waals surface area contributed by atoms with Gasteiger partial charge in [0.05, 0.1) is 16.6 Å². The second kappa shape index (κ2) is 9.08. The number of fused-ring (bicyclic) bond motifs is 3. The number of hydrogen-bond donors (Lipinski definition) is 0. The Labute approximate surface area is 209 Å². The van der Waals surface area contributed by atoms with Crippen LogP contribution < -0.4 is 5.56 Å². The number of benzene rings is 2. The number of halogens is 1. The first kappa shape index (κ1) is 24.0. The van der Waals surface area contributed by atoms with E-state index in [9.17, 15) is 14.0 Å². The number of aromatic nitrogens is 2. The lowest BCUT2D eigenvalue weighted by Crippen LogP contribution is -2.37. The zero-order chi connectivity index (χ0) is 24.8. The number of rotatable bonds is 6. The Morgan fingerprint density at radius 3 is 2.74 bits per heavy atom. The fourth-order valence-corrected chi connectivity index (χ4v) is 7.29. The molecule has 0 N–H and O–H groups in total. The van der Waals surface area contributed by atoms with Crippen molar-refractivity contribution in [3.8, 4) is 5.69 Å². The van der Waals surface area contributed by atoms with Gasteiger partial charge < -0.3 is 4.90 Å². The average molecular weight is 494 g/mol. The van der Waals surface area contributed by atoms with Gasteiger partial charge >= 0.3 is 0 Å². The summed E-state index contributed by atoms with van der Waals surface area (Å²) in [5.74, 6) is 0.468. The van der Waals surface area contributed by atoms with Crippen LogP contribution in [0.3, 0.4) is 0 Å². The zero-order valence-corrected chi connectivity index (χ0v) is 21.4. The van der Waals surface area contributed by atoms with Crippen molar-refractivity contribution in [2.75, 3.05) is 12.3 Å². The Bertz CT molecular complexity index is 1340. The third-order valence-corrected chi connectivity index (χ3v) is 8.34. The molecule has 2 fully saturated rings. The van der Waals surface area contributed by atoms with Crippen molar-refractivity contribution < 1.29 is 9.18 Å². The molecule has 2 aromatic carbocycles. The summed E-state index contributed by atoms with van der Waals surface area (Å²) in [6.45, 7) is 7.81. The van der Waals surface area contributed by atoms with E-state index in [1.54, 1.807) is 24.3 Å². The van der Waals surface area contributed by atoms with Crippen molar-refractivity contribution in [3.05, 3.63) is 64.7 Å². The molecule has 2 heterocycles. The first-order chi connectivity index (χ1) is 16.6. The summed E-state index contributed by atoms with van der Waals surface area (Å²) in [7, 11) is 0. The molecule has 2 atom stereocenters. The minimum Gasteiger partial charge on any atom is -0.339 e. The number of thioether (sulfide) groups is 1. The van der Waals surface area contributed by atoms with Gasteiger partial charge in [-0.15, -0.1) is 0 Å². The van der Waals surface area contributed by atoms with E-state index in [1.165, 1.54) is 34.9 Å². The Morgan fingerprint density at radius 2 is 1.94 bits per heavy atom. The third-order valence-electron chi connectivity index (χ3n) is 7.31. The van der Waals surface area contributed by atoms with E-state index < -0.39 is 5.82 Å². The topological polar surface area (TPSA) is 55.2 Å². The first-order valence-electron chi connectivity index (χ1n) is 12.3. The lowest BCUT2D eigenvalue weighted by Gasteiger charge is -2.39. The van der Waals surface area contributed by atoms with Crippen LogP contribution in [0.1, 0.15) is 52.9 Å². The Balaban J connectivity index is 1.30.